The van der Waals surface area contributed by atoms with Crippen LogP contribution in [0, 0.1) is 0 Å². The van der Waals surface area contributed by atoms with Gasteiger partial charge >= 0.3 is 0 Å². The van der Waals surface area contributed by atoms with Gasteiger partial charge in [0, 0.05) is 0 Å². The Balaban J connectivity index is 2.54. The van der Waals surface area contributed by atoms with Crippen molar-refractivity contribution in [3.05, 3.63) is 11.8 Å². The lowest BCUT2D eigenvalue weighted by molar-refractivity contribution is 0.342. The molecule has 0 amide bonds. The van der Waals surface area contributed by atoms with Crippen LogP contribution in [0.25, 0.3) is 6.08 Å². The number of rotatable bonds is 2. The van der Waals surface area contributed by atoms with Crippen LogP contribution in [0.1, 0.15) is 5.69 Å². The maximum absolute atomic E-state index is 5.50. The highest BCUT2D eigenvalue weighted by Crippen LogP contribution is 2.32. The van der Waals surface area contributed by atoms with E-state index in [1.807, 2.05) is 24.7 Å². The molecule has 0 aromatic carbocycles. The van der Waals surface area contributed by atoms with Gasteiger partial charge < -0.3 is 4.74 Å². The Morgan fingerprint density at radius 1 is 1.29 bits per heavy atom. The summed E-state index contributed by atoms with van der Waals surface area (Å²) in [5.41, 5.74) is 0.889. The topological polar surface area (TPSA) is 35.0 Å². The van der Waals surface area contributed by atoms with Crippen LogP contribution in [0.3, 0.4) is 0 Å². The quantitative estimate of drug-likeness (QED) is 0.439. The van der Waals surface area contributed by atoms with Gasteiger partial charge in [0.25, 0.3) is 0 Å². The second-order valence-corrected chi connectivity index (χ2v) is 4.22. The Hall–Kier alpha value is -0.680. The summed E-state index contributed by atoms with van der Waals surface area (Å²) >= 11 is 3.14. The highest BCUT2D eigenvalue weighted by atomic mass is 32.2. The lowest BCUT2D eigenvalue weighted by Gasteiger charge is -2.14. The number of aromatic nitrogens is 2. The van der Waals surface area contributed by atoms with Gasteiger partial charge in [-0.25, -0.2) is 9.97 Å². The Labute approximate surface area is 91.4 Å². The van der Waals surface area contributed by atoms with Crippen molar-refractivity contribution in [1.82, 2.24) is 9.97 Å². The number of hydrogen-bond donors (Lipinski definition) is 0. The molecule has 14 heavy (non-hydrogen) atoms. The van der Waals surface area contributed by atoms with Crippen LogP contribution in [-0.4, -0.2) is 29.1 Å². The van der Waals surface area contributed by atoms with E-state index in [1.165, 1.54) is 0 Å². The average Bonchev–Trinajstić information content (AvgIpc) is 2.27. The Morgan fingerprint density at radius 3 is 2.86 bits per heavy atom. The summed E-state index contributed by atoms with van der Waals surface area (Å²) in [6.45, 7) is 0.614. The van der Waals surface area contributed by atoms with Crippen LogP contribution in [0.5, 0.6) is 5.75 Å². The molecule has 3 nitrogen and oxygen atoms in total. The fraction of sp³-hybridized carbons (Fsp3) is 0.333. The maximum Gasteiger partial charge on any atom is 0.189 e. The lowest BCUT2D eigenvalue weighted by atomic mass is 10.3. The van der Waals surface area contributed by atoms with Crippen LogP contribution >= 0.6 is 23.5 Å². The second kappa shape index (κ2) is 4.23. The van der Waals surface area contributed by atoms with Gasteiger partial charge in [0.05, 0.1) is 0 Å². The lowest BCUT2D eigenvalue weighted by Crippen LogP contribution is -2.05. The molecule has 1 aliphatic rings. The molecule has 0 unspecified atom stereocenters. The minimum Gasteiger partial charge on any atom is -0.484 e. The minimum atomic E-state index is 0.614. The van der Waals surface area contributed by atoms with E-state index >= 15 is 0 Å². The molecule has 1 aliphatic heterocycles. The highest BCUT2D eigenvalue weighted by molar-refractivity contribution is 7.99. The average molecular weight is 226 g/mol. The fourth-order valence-corrected chi connectivity index (χ4v) is 2.15. The zero-order chi connectivity index (χ0) is 9.97. The Kier molecular flexibility index (Phi) is 2.98. The smallest absolute Gasteiger partial charge is 0.189 e. The molecule has 0 aliphatic carbocycles. The van der Waals surface area contributed by atoms with E-state index in [0.29, 0.717) is 6.61 Å². The van der Waals surface area contributed by atoms with Gasteiger partial charge in [-0.2, -0.15) is 0 Å². The van der Waals surface area contributed by atoms with Crippen molar-refractivity contribution >= 4 is 29.6 Å². The van der Waals surface area contributed by atoms with E-state index in [4.69, 9.17) is 4.74 Å². The number of nitrogens with zero attached hydrogens (tertiary/aromatic N) is 2. The fourth-order valence-electron chi connectivity index (χ4n) is 1.20. The van der Waals surface area contributed by atoms with Crippen LogP contribution in [0.15, 0.2) is 16.3 Å². The summed E-state index contributed by atoms with van der Waals surface area (Å²) in [4.78, 5) is 8.75. The first-order valence-corrected chi connectivity index (χ1v) is 6.59. The minimum absolute atomic E-state index is 0.614. The van der Waals surface area contributed by atoms with Crippen molar-refractivity contribution in [1.29, 1.82) is 0 Å². The Morgan fingerprint density at radius 2 is 2.14 bits per heavy atom. The third-order valence-electron chi connectivity index (χ3n) is 1.82. The summed E-state index contributed by atoms with van der Waals surface area (Å²) in [6, 6.07) is 0. The second-order valence-electron chi connectivity index (χ2n) is 2.65. The monoisotopic (exact) mass is 226 g/mol. The molecule has 2 heterocycles. The van der Waals surface area contributed by atoms with Gasteiger partial charge in [-0.3, -0.25) is 0 Å². The molecule has 1 aromatic rings. The number of thioether (sulfide) groups is 2. The molecule has 2 rings (SSSR count). The van der Waals surface area contributed by atoms with Gasteiger partial charge in [-0.15, -0.1) is 11.8 Å². The molecule has 0 radical (unpaired) electrons. The van der Waals surface area contributed by atoms with Crippen LogP contribution in [0.4, 0.5) is 0 Å². The SMILES string of the molecule is CSc1nc2c(c(SC)n1)OCC=C2. The van der Waals surface area contributed by atoms with Crippen molar-refractivity contribution in [3.63, 3.8) is 0 Å². The molecule has 0 fully saturated rings. The molecule has 0 atom stereocenters. The first-order valence-electron chi connectivity index (χ1n) is 4.14. The predicted molar refractivity (Wildman–Crippen MR) is 60.1 cm³/mol. The molecular formula is C9H10N2OS2. The van der Waals surface area contributed by atoms with Gasteiger partial charge in [0.15, 0.2) is 10.9 Å². The summed E-state index contributed by atoms with van der Waals surface area (Å²) < 4.78 is 5.50. The molecule has 0 saturated carbocycles. The van der Waals surface area contributed by atoms with Crippen molar-refractivity contribution in [2.24, 2.45) is 0 Å². The normalized spacial score (nSPS) is 13.6. The largest absolute Gasteiger partial charge is 0.484 e. The van der Waals surface area contributed by atoms with E-state index in [-0.39, 0.29) is 0 Å². The maximum atomic E-state index is 5.50. The van der Waals surface area contributed by atoms with E-state index in [1.54, 1.807) is 23.5 Å². The number of hydrogen-bond acceptors (Lipinski definition) is 5. The predicted octanol–water partition coefficient (Wildman–Crippen LogP) is 2.33. The molecule has 0 N–H and O–H groups in total. The van der Waals surface area contributed by atoms with Gasteiger partial charge in [0.1, 0.15) is 17.3 Å². The molecule has 0 bridgehead atoms. The summed E-state index contributed by atoms with van der Waals surface area (Å²) in [5, 5.41) is 1.71. The van der Waals surface area contributed by atoms with Crippen LogP contribution < -0.4 is 4.74 Å². The van der Waals surface area contributed by atoms with Crippen molar-refractivity contribution in [2.45, 2.75) is 10.2 Å². The van der Waals surface area contributed by atoms with E-state index in [2.05, 4.69) is 9.97 Å². The molecule has 0 spiro atoms. The third-order valence-corrected chi connectivity index (χ3v) is 3.03. The molecule has 5 heteroatoms. The van der Waals surface area contributed by atoms with Gasteiger partial charge in [-0.1, -0.05) is 11.8 Å². The molecule has 1 aromatic heterocycles. The first kappa shape index (κ1) is 9.86. The first-order chi connectivity index (χ1) is 6.85. The van der Waals surface area contributed by atoms with E-state index < -0.39 is 0 Å². The third kappa shape index (κ3) is 1.74. The van der Waals surface area contributed by atoms with Gasteiger partial charge in [0.2, 0.25) is 0 Å². The zero-order valence-corrected chi connectivity index (χ0v) is 9.61. The van der Waals surface area contributed by atoms with Crippen molar-refractivity contribution < 1.29 is 4.74 Å². The highest BCUT2D eigenvalue weighted by Gasteiger charge is 2.15. The van der Waals surface area contributed by atoms with E-state index in [9.17, 15) is 0 Å². The standard InChI is InChI=1S/C9H10N2OS2/c1-13-8-7-6(4-3-5-12-7)10-9(11-8)14-2/h3-4H,5H2,1-2H3. The number of ether oxygens (including phenoxy) is 1. The summed E-state index contributed by atoms with van der Waals surface area (Å²) in [5.74, 6) is 0.817. The summed E-state index contributed by atoms with van der Waals surface area (Å²) in [6.07, 6.45) is 7.91. The van der Waals surface area contributed by atoms with Gasteiger partial charge in [-0.05, 0) is 24.7 Å². The molecular weight excluding hydrogens is 216 g/mol. The van der Waals surface area contributed by atoms with E-state index in [0.717, 1.165) is 21.6 Å². The van der Waals surface area contributed by atoms with Crippen molar-refractivity contribution in [2.75, 3.05) is 19.1 Å². The summed E-state index contributed by atoms with van der Waals surface area (Å²) in [7, 11) is 0. The van der Waals surface area contributed by atoms with Crippen LogP contribution in [-0.2, 0) is 0 Å². The zero-order valence-electron chi connectivity index (χ0n) is 7.98. The van der Waals surface area contributed by atoms with Crippen LogP contribution in [0.2, 0.25) is 0 Å². The van der Waals surface area contributed by atoms with Crippen molar-refractivity contribution in [3.8, 4) is 5.75 Å². The number of fused-ring (bicyclic) bond motifs is 1. The molecule has 0 saturated heterocycles. The molecule has 74 valence electrons. The Bertz CT molecular complexity index is 379.